The minimum atomic E-state index is 0.754. The van der Waals surface area contributed by atoms with Crippen LogP contribution in [0.3, 0.4) is 0 Å². The van der Waals surface area contributed by atoms with E-state index in [0.29, 0.717) is 0 Å². The van der Waals surface area contributed by atoms with Crippen LogP contribution in [0.1, 0.15) is 40.5 Å². The molecule has 1 N–H and O–H groups in total. The van der Waals surface area contributed by atoms with E-state index in [2.05, 4.69) is 39.1 Å². The second-order valence-electron chi connectivity index (χ2n) is 3.65. The number of rotatable bonds is 6. The first-order valence-corrected chi connectivity index (χ1v) is 5.09. The Kier molecular flexibility index (Phi) is 7.17. The van der Waals surface area contributed by atoms with Crippen molar-refractivity contribution in [2.45, 2.75) is 40.5 Å². The van der Waals surface area contributed by atoms with E-state index in [1.807, 2.05) is 0 Å². The van der Waals surface area contributed by atoms with Crippen molar-refractivity contribution >= 4 is 0 Å². The van der Waals surface area contributed by atoms with Crippen LogP contribution in [0.2, 0.25) is 0 Å². The smallest absolute Gasteiger partial charge is 0.0164 e. The van der Waals surface area contributed by atoms with E-state index in [1.165, 1.54) is 12.0 Å². The normalized spacial score (nSPS) is 12.6. The molecule has 0 unspecified atom stereocenters. The van der Waals surface area contributed by atoms with Gasteiger partial charge in [-0.3, -0.25) is 0 Å². The molecule has 0 amide bonds. The fraction of sp³-hybridized carbons (Fsp3) is 0.818. The summed E-state index contributed by atoms with van der Waals surface area (Å²) in [4.78, 5) is 0. The topological polar surface area (TPSA) is 12.0 Å². The van der Waals surface area contributed by atoms with Gasteiger partial charge in [-0.05, 0) is 25.3 Å². The predicted octanol–water partition coefficient (Wildman–Crippen LogP) is 2.98. The average molecular weight is 169 g/mol. The highest BCUT2D eigenvalue weighted by Gasteiger charge is 1.95. The van der Waals surface area contributed by atoms with Gasteiger partial charge in [-0.25, -0.2) is 0 Å². The first-order valence-electron chi connectivity index (χ1n) is 5.09. The Hall–Kier alpha value is -0.300. The van der Waals surface area contributed by atoms with Crippen molar-refractivity contribution in [3.05, 3.63) is 11.6 Å². The fourth-order valence-corrected chi connectivity index (χ4v) is 1.15. The van der Waals surface area contributed by atoms with Crippen LogP contribution in [0.4, 0.5) is 0 Å². The van der Waals surface area contributed by atoms with Crippen LogP contribution in [0.5, 0.6) is 0 Å². The molecule has 12 heavy (non-hydrogen) atoms. The molecule has 0 fully saturated rings. The third-order valence-corrected chi connectivity index (χ3v) is 1.85. The monoisotopic (exact) mass is 169 g/mol. The van der Waals surface area contributed by atoms with E-state index in [-0.39, 0.29) is 0 Å². The highest BCUT2D eigenvalue weighted by Crippen LogP contribution is 2.00. The summed E-state index contributed by atoms with van der Waals surface area (Å²) < 4.78 is 0. The van der Waals surface area contributed by atoms with E-state index < -0.39 is 0 Å². The molecular weight excluding hydrogens is 146 g/mol. The molecule has 0 atom stereocenters. The second kappa shape index (κ2) is 7.35. The van der Waals surface area contributed by atoms with Crippen LogP contribution in [-0.2, 0) is 0 Å². The van der Waals surface area contributed by atoms with Gasteiger partial charge in [0.25, 0.3) is 0 Å². The largest absolute Gasteiger partial charge is 0.313 e. The molecule has 0 aliphatic rings. The Labute approximate surface area is 77.2 Å². The molecule has 1 nitrogen and oxygen atoms in total. The molecular formula is C11H23N. The van der Waals surface area contributed by atoms with E-state index >= 15 is 0 Å². The third-order valence-electron chi connectivity index (χ3n) is 1.85. The molecule has 0 spiro atoms. The average Bonchev–Trinajstić information content (AvgIpc) is 2.02. The van der Waals surface area contributed by atoms with Crippen LogP contribution >= 0.6 is 0 Å². The quantitative estimate of drug-likeness (QED) is 0.603. The van der Waals surface area contributed by atoms with Gasteiger partial charge >= 0.3 is 0 Å². The molecule has 0 bridgehead atoms. The van der Waals surface area contributed by atoms with Gasteiger partial charge in [0.1, 0.15) is 0 Å². The van der Waals surface area contributed by atoms with Gasteiger partial charge in [-0.1, -0.05) is 39.3 Å². The van der Waals surface area contributed by atoms with Crippen LogP contribution < -0.4 is 5.32 Å². The summed E-state index contributed by atoms with van der Waals surface area (Å²) in [7, 11) is 0. The zero-order valence-electron chi connectivity index (χ0n) is 8.98. The SMILES string of the molecule is CC/C=C(/CC)CNCC(C)C. The molecule has 72 valence electrons. The molecule has 0 aromatic rings. The zero-order chi connectivity index (χ0) is 9.40. The Morgan fingerprint density at radius 3 is 2.42 bits per heavy atom. The highest BCUT2D eigenvalue weighted by atomic mass is 14.9. The highest BCUT2D eigenvalue weighted by molar-refractivity contribution is 5.02. The third kappa shape index (κ3) is 6.41. The fourth-order valence-electron chi connectivity index (χ4n) is 1.15. The number of allylic oxidation sites excluding steroid dienone is 1. The summed E-state index contributed by atoms with van der Waals surface area (Å²) in [5.41, 5.74) is 1.54. The molecule has 1 heteroatoms. The standard InChI is InChI=1S/C11H23N/c1-5-7-11(6-2)9-12-8-10(3)4/h7,10,12H,5-6,8-9H2,1-4H3/b11-7-. The molecule has 0 aliphatic carbocycles. The Morgan fingerprint density at radius 2 is 2.00 bits per heavy atom. The summed E-state index contributed by atoms with van der Waals surface area (Å²) in [6.07, 6.45) is 4.67. The van der Waals surface area contributed by atoms with Gasteiger partial charge in [-0.15, -0.1) is 0 Å². The van der Waals surface area contributed by atoms with Crippen LogP contribution in [-0.4, -0.2) is 13.1 Å². The lowest BCUT2D eigenvalue weighted by Gasteiger charge is -2.08. The van der Waals surface area contributed by atoms with Gasteiger partial charge < -0.3 is 5.32 Å². The number of nitrogens with one attached hydrogen (secondary N) is 1. The minimum absolute atomic E-state index is 0.754. The van der Waals surface area contributed by atoms with Crippen molar-refractivity contribution in [1.29, 1.82) is 0 Å². The molecule has 0 aromatic carbocycles. The minimum Gasteiger partial charge on any atom is -0.313 e. The van der Waals surface area contributed by atoms with E-state index in [1.54, 1.807) is 0 Å². The summed E-state index contributed by atoms with van der Waals surface area (Å²) in [6, 6.07) is 0. The van der Waals surface area contributed by atoms with Gasteiger partial charge in [0, 0.05) is 6.54 Å². The summed E-state index contributed by atoms with van der Waals surface area (Å²) in [5.74, 6) is 0.754. The van der Waals surface area contributed by atoms with Crippen molar-refractivity contribution < 1.29 is 0 Å². The van der Waals surface area contributed by atoms with Crippen LogP contribution in [0.15, 0.2) is 11.6 Å². The summed E-state index contributed by atoms with van der Waals surface area (Å²) in [6.45, 7) is 11.1. The van der Waals surface area contributed by atoms with Crippen LogP contribution in [0.25, 0.3) is 0 Å². The van der Waals surface area contributed by atoms with E-state index in [9.17, 15) is 0 Å². The van der Waals surface area contributed by atoms with Crippen molar-refractivity contribution in [3.63, 3.8) is 0 Å². The molecule has 0 aliphatic heterocycles. The zero-order valence-corrected chi connectivity index (χ0v) is 8.98. The first-order chi connectivity index (χ1) is 5.70. The number of hydrogen-bond donors (Lipinski definition) is 1. The van der Waals surface area contributed by atoms with Crippen LogP contribution in [0, 0.1) is 5.92 Å². The molecule has 0 saturated heterocycles. The Morgan fingerprint density at radius 1 is 1.33 bits per heavy atom. The summed E-state index contributed by atoms with van der Waals surface area (Å²) >= 11 is 0. The molecule has 0 radical (unpaired) electrons. The molecule has 0 heterocycles. The maximum Gasteiger partial charge on any atom is 0.0164 e. The van der Waals surface area contributed by atoms with Crippen molar-refractivity contribution in [1.82, 2.24) is 5.32 Å². The molecule has 0 saturated carbocycles. The van der Waals surface area contributed by atoms with Gasteiger partial charge in [-0.2, -0.15) is 0 Å². The predicted molar refractivity (Wildman–Crippen MR) is 56.4 cm³/mol. The van der Waals surface area contributed by atoms with Crippen molar-refractivity contribution in [2.75, 3.05) is 13.1 Å². The van der Waals surface area contributed by atoms with Gasteiger partial charge in [0.05, 0.1) is 0 Å². The van der Waals surface area contributed by atoms with Gasteiger partial charge in [0.2, 0.25) is 0 Å². The van der Waals surface area contributed by atoms with E-state index in [0.717, 1.165) is 25.4 Å². The van der Waals surface area contributed by atoms with Gasteiger partial charge in [0.15, 0.2) is 0 Å². The van der Waals surface area contributed by atoms with Crippen molar-refractivity contribution in [3.8, 4) is 0 Å². The van der Waals surface area contributed by atoms with E-state index in [4.69, 9.17) is 0 Å². The maximum atomic E-state index is 3.45. The first kappa shape index (κ1) is 11.7. The maximum absolute atomic E-state index is 3.45. The summed E-state index contributed by atoms with van der Waals surface area (Å²) in [5, 5.41) is 3.45. The molecule has 0 rings (SSSR count). The lowest BCUT2D eigenvalue weighted by molar-refractivity contribution is 0.568. The molecule has 0 aromatic heterocycles. The lowest BCUT2D eigenvalue weighted by Crippen LogP contribution is -2.21. The Bertz CT molecular complexity index is 125. The second-order valence-corrected chi connectivity index (χ2v) is 3.65. The number of hydrogen-bond acceptors (Lipinski definition) is 1. The van der Waals surface area contributed by atoms with Crippen molar-refractivity contribution in [2.24, 2.45) is 5.92 Å². The Balaban J connectivity index is 3.52. The lowest BCUT2D eigenvalue weighted by atomic mass is 10.1.